The first-order valence-corrected chi connectivity index (χ1v) is 16.2. The van der Waals surface area contributed by atoms with Crippen LogP contribution in [0.1, 0.15) is 12.8 Å². The van der Waals surface area contributed by atoms with E-state index in [-0.39, 0.29) is 25.9 Å². The first-order chi connectivity index (χ1) is 23.1. The van der Waals surface area contributed by atoms with Gasteiger partial charge in [-0.1, -0.05) is 0 Å². The number of hydrogen-bond donors (Lipinski definition) is 15. The van der Waals surface area contributed by atoms with E-state index >= 15 is 0 Å². The summed E-state index contributed by atoms with van der Waals surface area (Å²) in [5, 5.41) is 87.3. The van der Waals surface area contributed by atoms with E-state index in [9.17, 15) is 45.6 Å². The predicted molar refractivity (Wildman–Crippen MR) is 160 cm³/mol. The number of nitrogens with two attached hydrogens (primary N) is 6. The van der Waals surface area contributed by atoms with E-state index < -0.39 is 140 Å². The number of ether oxygens (including phenoxy) is 6. The third-order valence-corrected chi connectivity index (χ3v) is 10.0. The molecule has 5 rings (SSSR count). The summed E-state index contributed by atoms with van der Waals surface area (Å²) < 4.78 is 35.0. The normalized spacial score (nSPS) is 53.3. The van der Waals surface area contributed by atoms with Gasteiger partial charge in [-0.3, -0.25) is 4.79 Å². The third kappa shape index (κ3) is 7.47. The number of aliphatic hydroxyl groups excluding tert-OH is 7. The van der Waals surface area contributed by atoms with Gasteiger partial charge in [0, 0.05) is 31.6 Å². The van der Waals surface area contributed by atoms with Crippen LogP contribution in [0.3, 0.4) is 0 Å². The second kappa shape index (κ2) is 15.3. The minimum atomic E-state index is -1.84. The van der Waals surface area contributed by atoms with Crippen molar-refractivity contribution in [3.8, 4) is 0 Å². The lowest BCUT2D eigenvalue weighted by Gasteiger charge is -2.48. The number of hydrogen-bond acceptors (Lipinski definition) is 21. The van der Waals surface area contributed by atoms with Crippen molar-refractivity contribution in [3.05, 3.63) is 0 Å². The van der Waals surface area contributed by atoms with Crippen molar-refractivity contribution in [2.24, 2.45) is 34.4 Å². The fraction of sp³-hybridized carbons (Fsp3) is 0.963. The summed E-state index contributed by atoms with van der Waals surface area (Å²) >= 11 is 0. The van der Waals surface area contributed by atoms with Crippen LogP contribution in [0.4, 0.5) is 0 Å². The molecule has 22 nitrogen and oxygen atoms in total. The molecule has 22 heteroatoms. The van der Waals surface area contributed by atoms with Crippen LogP contribution in [0.25, 0.3) is 0 Å². The summed E-state index contributed by atoms with van der Waals surface area (Å²) in [6, 6.07) is -5.64. The van der Waals surface area contributed by atoms with E-state index in [1.807, 2.05) is 0 Å². The predicted octanol–water partition coefficient (Wildman–Crippen LogP) is -10.3. The van der Waals surface area contributed by atoms with Crippen LogP contribution in [-0.2, 0) is 33.2 Å². The maximum absolute atomic E-state index is 12.8. The van der Waals surface area contributed by atoms with E-state index in [1.54, 1.807) is 0 Å². The van der Waals surface area contributed by atoms with Gasteiger partial charge in [0.25, 0.3) is 5.91 Å². The van der Waals surface area contributed by atoms with E-state index in [2.05, 4.69) is 5.32 Å². The van der Waals surface area contributed by atoms with E-state index in [1.165, 1.54) is 0 Å². The van der Waals surface area contributed by atoms with Crippen LogP contribution >= 0.6 is 0 Å². The Morgan fingerprint density at radius 1 is 0.694 bits per heavy atom. The number of carbonyl (C=O) groups is 1. The third-order valence-electron chi connectivity index (χ3n) is 10.0. The van der Waals surface area contributed by atoms with Crippen LogP contribution in [0.2, 0.25) is 0 Å². The number of carbonyl (C=O) groups excluding carboxylic acids is 1. The van der Waals surface area contributed by atoms with Crippen molar-refractivity contribution in [1.82, 2.24) is 5.32 Å². The lowest BCUT2D eigenvalue weighted by Crippen LogP contribution is -2.69. The zero-order valence-electron chi connectivity index (χ0n) is 26.5. The molecular weight excluding hydrogens is 662 g/mol. The summed E-state index contributed by atoms with van der Waals surface area (Å²) in [7, 11) is 0. The molecule has 5 fully saturated rings. The molecule has 3 aliphatic heterocycles. The molecule has 21 atom stereocenters. The van der Waals surface area contributed by atoms with Crippen molar-refractivity contribution in [2.75, 3.05) is 19.7 Å². The van der Waals surface area contributed by atoms with Crippen LogP contribution in [0, 0.1) is 0 Å². The minimum Gasteiger partial charge on any atom is -0.394 e. The van der Waals surface area contributed by atoms with Gasteiger partial charge in [-0.2, -0.15) is 0 Å². The minimum absolute atomic E-state index is 0.00478. The second-order valence-electron chi connectivity index (χ2n) is 13.4. The SMILES string of the molecule is NC[C@@H]1O[C@H](O[C@H]2[C@@H](O)[C@H](O[C@@H]3[C@@H](O)[C@H](NC(=O)C4(O)CC4N)C[C@H](N)[C@H]3O[C@H]3O[C@H](CN)[C@@H](O)[C@@H](O)[C@H]3N)O[C@@H]2CO)[C@H](N)[C@@H](O)C1O. The average Bonchev–Trinajstić information content (AvgIpc) is 3.60. The van der Waals surface area contributed by atoms with Gasteiger partial charge in [-0.25, -0.2) is 0 Å². The number of aliphatic hydroxyl groups is 8. The molecule has 49 heavy (non-hydrogen) atoms. The molecule has 3 saturated heterocycles. The van der Waals surface area contributed by atoms with E-state index in [4.69, 9.17) is 62.8 Å². The van der Waals surface area contributed by atoms with Gasteiger partial charge in [0.1, 0.15) is 73.2 Å². The van der Waals surface area contributed by atoms with Gasteiger partial charge in [0.15, 0.2) is 24.5 Å². The number of amides is 1. The second-order valence-corrected chi connectivity index (χ2v) is 13.4. The van der Waals surface area contributed by atoms with Crippen molar-refractivity contribution in [3.63, 3.8) is 0 Å². The molecule has 3 unspecified atom stereocenters. The van der Waals surface area contributed by atoms with Crippen LogP contribution < -0.4 is 39.7 Å². The zero-order valence-corrected chi connectivity index (χ0v) is 26.5. The molecule has 0 aromatic heterocycles. The summed E-state index contributed by atoms with van der Waals surface area (Å²) in [4.78, 5) is 12.8. The van der Waals surface area contributed by atoms with Crippen LogP contribution in [0.5, 0.6) is 0 Å². The molecule has 0 aromatic rings. The molecule has 284 valence electrons. The zero-order chi connectivity index (χ0) is 36.1. The molecule has 0 bridgehead atoms. The number of rotatable bonds is 11. The molecular formula is C27H51N7O15. The maximum atomic E-state index is 12.8. The summed E-state index contributed by atoms with van der Waals surface area (Å²) in [5.74, 6) is -0.854. The molecule has 2 aliphatic carbocycles. The Kier molecular flexibility index (Phi) is 12.2. The Hall–Kier alpha value is -1.33. The Bertz CT molecular complexity index is 1130. The van der Waals surface area contributed by atoms with E-state index in [0.29, 0.717) is 0 Å². The van der Waals surface area contributed by atoms with Crippen LogP contribution in [-0.4, -0.2) is 194 Å². The van der Waals surface area contributed by atoms with E-state index in [0.717, 1.165) is 0 Å². The van der Waals surface area contributed by atoms with Gasteiger partial charge in [-0.15, -0.1) is 0 Å². The quantitative estimate of drug-likeness (QED) is 0.0944. The highest BCUT2D eigenvalue weighted by Gasteiger charge is 2.59. The molecule has 0 aromatic carbocycles. The highest BCUT2D eigenvalue weighted by molar-refractivity contribution is 5.89. The Morgan fingerprint density at radius 3 is 1.63 bits per heavy atom. The van der Waals surface area contributed by atoms with Crippen molar-refractivity contribution >= 4 is 5.91 Å². The lowest BCUT2D eigenvalue weighted by atomic mass is 9.83. The van der Waals surface area contributed by atoms with Crippen molar-refractivity contribution in [1.29, 1.82) is 0 Å². The Labute approximate surface area is 280 Å². The molecule has 2 saturated carbocycles. The topological polar surface area (TPSA) is 402 Å². The first kappa shape index (κ1) is 38.9. The van der Waals surface area contributed by atoms with Gasteiger partial charge < -0.3 is 109 Å². The fourth-order valence-electron chi connectivity index (χ4n) is 6.68. The van der Waals surface area contributed by atoms with Crippen LogP contribution in [0.15, 0.2) is 0 Å². The molecule has 1 amide bonds. The Morgan fingerprint density at radius 2 is 1.16 bits per heavy atom. The smallest absolute Gasteiger partial charge is 0.253 e. The highest BCUT2D eigenvalue weighted by atomic mass is 16.8. The molecule has 21 N–H and O–H groups in total. The standard InChI is InChI=1S/C27H51N7O15/c28-3-8-15(37)17(39)12(32)23(44-8)47-20-6(30)1-7(34-26(42)27(43)2-11(27)31)14(36)22(20)49-25-19(41)21(10(5-35)46-25)48-24-13(33)18(40)16(38)9(4-29)45-24/h6-25,35-41,43H,1-5,28-33H2,(H,34,42)/t6-,7+,8+,9-,10+,11?,12+,13+,14-,15+,16?,17-,18+,19+,20+,21+,22+,23+,24+,25-,27?/m0/s1. The summed E-state index contributed by atoms with van der Waals surface area (Å²) in [6.45, 7) is -1.14. The van der Waals surface area contributed by atoms with Gasteiger partial charge in [0.2, 0.25) is 0 Å². The fourth-order valence-corrected chi connectivity index (χ4v) is 6.68. The van der Waals surface area contributed by atoms with Crippen molar-refractivity contribution in [2.45, 2.75) is 141 Å². The van der Waals surface area contributed by atoms with Gasteiger partial charge in [0.05, 0.1) is 24.7 Å². The molecule has 3 heterocycles. The van der Waals surface area contributed by atoms with Crippen molar-refractivity contribution < 1.29 is 74.1 Å². The lowest BCUT2D eigenvalue weighted by molar-refractivity contribution is -0.307. The largest absolute Gasteiger partial charge is 0.394 e. The molecule has 5 aliphatic rings. The number of nitrogens with one attached hydrogen (secondary N) is 1. The summed E-state index contributed by atoms with van der Waals surface area (Å²) in [6.07, 6.45) is -21.7. The average molecular weight is 714 g/mol. The van der Waals surface area contributed by atoms with Gasteiger partial charge >= 0.3 is 0 Å². The highest BCUT2D eigenvalue weighted by Crippen LogP contribution is 2.37. The van der Waals surface area contributed by atoms with Gasteiger partial charge in [-0.05, 0) is 6.42 Å². The summed E-state index contributed by atoms with van der Waals surface area (Å²) in [5.41, 5.74) is 33.8. The first-order valence-electron chi connectivity index (χ1n) is 16.2. The maximum Gasteiger partial charge on any atom is 0.253 e. The Balaban J connectivity index is 1.36. The monoisotopic (exact) mass is 713 g/mol. The molecule has 0 radical (unpaired) electrons. The molecule has 0 spiro atoms.